The Hall–Kier alpha value is -1.07. The van der Waals surface area contributed by atoms with Crippen LogP contribution in [0.25, 0.3) is 0 Å². The van der Waals surface area contributed by atoms with Gasteiger partial charge in [-0.15, -0.1) is 0 Å². The lowest BCUT2D eigenvalue weighted by Crippen LogP contribution is -2.29. The number of nitrogens with zero attached hydrogens (tertiary/aromatic N) is 2. The lowest BCUT2D eigenvalue weighted by atomic mass is 10.0. The lowest BCUT2D eigenvalue weighted by molar-refractivity contribution is 0.256. The monoisotopic (exact) mass is 253 g/mol. The van der Waals surface area contributed by atoms with Gasteiger partial charge in [-0.05, 0) is 47.7 Å². The summed E-state index contributed by atoms with van der Waals surface area (Å²) in [5.74, 6) is 0.353. The Morgan fingerprint density at radius 2 is 2.41 bits per heavy atom. The summed E-state index contributed by atoms with van der Waals surface area (Å²) in [6.45, 7) is 1.99. The minimum Gasteiger partial charge on any atom is -0.409 e. The first-order valence-electron chi connectivity index (χ1n) is 5.80. The van der Waals surface area contributed by atoms with Crippen LogP contribution in [0.15, 0.2) is 22.0 Å². The minimum atomic E-state index is 0.251. The van der Waals surface area contributed by atoms with Gasteiger partial charge in [-0.25, -0.2) is 0 Å². The highest BCUT2D eigenvalue weighted by Gasteiger charge is 2.43. The highest BCUT2D eigenvalue weighted by molar-refractivity contribution is 7.07. The maximum absolute atomic E-state index is 8.62. The Labute approximate surface area is 106 Å². The molecule has 1 fully saturated rings. The third-order valence-electron chi connectivity index (χ3n) is 3.28. The van der Waals surface area contributed by atoms with Gasteiger partial charge in [0.1, 0.15) is 5.84 Å². The summed E-state index contributed by atoms with van der Waals surface area (Å²) in [5.41, 5.74) is 7.20. The van der Waals surface area contributed by atoms with E-state index in [0.717, 1.165) is 13.1 Å². The molecular formula is C12H19N3OS. The zero-order valence-corrected chi connectivity index (χ0v) is 10.9. The Kier molecular flexibility index (Phi) is 3.69. The molecule has 94 valence electrons. The molecule has 0 saturated heterocycles. The molecule has 2 rings (SSSR count). The zero-order chi connectivity index (χ0) is 12.3. The molecule has 0 bridgehead atoms. The normalized spacial score (nSPS) is 18.6. The largest absolute Gasteiger partial charge is 0.409 e. The van der Waals surface area contributed by atoms with Gasteiger partial charge in [-0.3, -0.25) is 0 Å². The third kappa shape index (κ3) is 3.44. The topological polar surface area (TPSA) is 61.8 Å². The molecule has 1 aromatic rings. The number of nitrogens with two attached hydrogens (primary N) is 1. The fraction of sp³-hybridized carbons (Fsp3) is 0.583. The van der Waals surface area contributed by atoms with Crippen molar-refractivity contribution in [2.45, 2.75) is 25.8 Å². The molecule has 0 unspecified atom stereocenters. The van der Waals surface area contributed by atoms with Crippen LogP contribution in [0.1, 0.15) is 24.8 Å². The zero-order valence-electron chi connectivity index (χ0n) is 10.1. The number of thiophene rings is 1. The highest BCUT2D eigenvalue weighted by Crippen LogP contribution is 2.49. The van der Waals surface area contributed by atoms with Crippen molar-refractivity contribution >= 4 is 17.2 Å². The van der Waals surface area contributed by atoms with Crippen molar-refractivity contribution in [2.24, 2.45) is 16.3 Å². The summed E-state index contributed by atoms with van der Waals surface area (Å²) < 4.78 is 0. The second-order valence-corrected chi connectivity index (χ2v) is 5.85. The van der Waals surface area contributed by atoms with Gasteiger partial charge in [0.05, 0.1) is 0 Å². The van der Waals surface area contributed by atoms with Crippen LogP contribution in [0.5, 0.6) is 0 Å². The Morgan fingerprint density at radius 1 is 1.65 bits per heavy atom. The molecule has 17 heavy (non-hydrogen) atoms. The SMILES string of the molecule is CN(Cc1ccsc1)CC1(CC(N)=NO)CC1. The molecule has 1 saturated carbocycles. The average molecular weight is 253 g/mol. The number of rotatable bonds is 6. The van der Waals surface area contributed by atoms with E-state index in [1.807, 2.05) is 0 Å². The maximum atomic E-state index is 8.62. The second kappa shape index (κ2) is 5.06. The van der Waals surface area contributed by atoms with Crippen LogP contribution >= 0.6 is 11.3 Å². The van der Waals surface area contributed by atoms with E-state index in [9.17, 15) is 0 Å². The molecule has 0 atom stereocenters. The predicted octanol–water partition coefficient (Wildman–Crippen LogP) is 2.10. The first-order valence-corrected chi connectivity index (χ1v) is 6.74. The average Bonchev–Trinajstić information content (AvgIpc) is 2.83. The summed E-state index contributed by atoms with van der Waals surface area (Å²) in [6, 6.07) is 2.16. The second-order valence-electron chi connectivity index (χ2n) is 5.07. The molecule has 0 aromatic carbocycles. The Bertz CT molecular complexity index is 384. The van der Waals surface area contributed by atoms with Crippen LogP contribution < -0.4 is 5.73 Å². The Balaban J connectivity index is 1.84. The van der Waals surface area contributed by atoms with E-state index in [1.54, 1.807) is 11.3 Å². The maximum Gasteiger partial charge on any atom is 0.139 e. The van der Waals surface area contributed by atoms with Gasteiger partial charge >= 0.3 is 0 Å². The van der Waals surface area contributed by atoms with Gasteiger partial charge in [0.25, 0.3) is 0 Å². The summed E-state index contributed by atoms with van der Waals surface area (Å²) in [4.78, 5) is 2.32. The van der Waals surface area contributed by atoms with Gasteiger partial charge in [0.2, 0.25) is 0 Å². The van der Waals surface area contributed by atoms with Crippen molar-refractivity contribution < 1.29 is 5.21 Å². The highest BCUT2D eigenvalue weighted by atomic mass is 32.1. The molecule has 0 aliphatic heterocycles. The standard InChI is InChI=1S/C12H19N3OS/c1-15(7-10-2-5-17-8-10)9-12(3-4-12)6-11(13)14-16/h2,5,8,16H,3-4,6-7,9H2,1H3,(H2,13,14). The molecule has 1 aromatic heterocycles. The van der Waals surface area contributed by atoms with Gasteiger partial charge < -0.3 is 15.8 Å². The van der Waals surface area contributed by atoms with E-state index in [-0.39, 0.29) is 5.41 Å². The number of hydrogen-bond donors (Lipinski definition) is 2. The van der Waals surface area contributed by atoms with E-state index < -0.39 is 0 Å². The summed E-state index contributed by atoms with van der Waals surface area (Å²) in [6.07, 6.45) is 3.06. The van der Waals surface area contributed by atoms with Gasteiger partial charge in [-0.2, -0.15) is 11.3 Å². The molecule has 1 aliphatic rings. The first kappa shape index (κ1) is 12.4. The minimum absolute atomic E-state index is 0.251. The van der Waals surface area contributed by atoms with Crippen LogP contribution in [0.3, 0.4) is 0 Å². The molecule has 4 nitrogen and oxygen atoms in total. The van der Waals surface area contributed by atoms with E-state index >= 15 is 0 Å². The molecule has 1 heterocycles. The van der Waals surface area contributed by atoms with Crippen molar-refractivity contribution in [1.82, 2.24) is 4.90 Å². The molecule has 0 amide bonds. The van der Waals surface area contributed by atoms with Crippen molar-refractivity contribution in [3.05, 3.63) is 22.4 Å². The quantitative estimate of drug-likeness (QED) is 0.353. The van der Waals surface area contributed by atoms with Crippen LogP contribution in [0.2, 0.25) is 0 Å². The van der Waals surface area contributed by atoms with Gasteiger partial charge in [0.15, 0.2) is 0 Å². The van der Waals surface area contributed by atoms with Crippen LogP contribution in [-0.4, -0.2) is 29.5 Å². The molecule has 1 aliphatic carbocycles. The Morgan fingerprint density at radius 3 is 2.94 bits per heavy atom. The number of hydrogen-bond acceptors (Lipinski definition) is 4. The third-order valence-corrected chi connectivity index (χ3v) is 4.01. The fourth-order valence-electron chi connectivity index (χ4n) is 2.31. The molecular weight excluding hydrogens is 234 g/mol. The summed E-state index contributed by atoms with van der Waals surface area (Å²) in [7, 11) is 2.13. The van der Waals surface area contributed by atoms with E-state index in [1.165, 1.54) is 18.4 Å². The van der Waals surface area contributed by atoms with E-state index in [4.69, 9.17) is 10.9 Å². The van der Waals surface area contributed by atoms with Crippen LogP contribution in [0.4, 0.5) is 0 Å². The molecule has 5 heteroatoms. The smallest absolute Gasteiger partial charge is 0.139 e. The molecule has 0 spiro atoms. The van der Waals surface area contributed by atoms with Crippen molar-refractivity contribution in [3.63, 3.8) is 0 Å². The first-order chi connectivity index (χ1) is 8.13. The number of oxime groups is 1. The van der Waals surface area contributed by atoms with Crippen molar-refractivity contribution in [2.75, 3.05) is 13.6 Å². The lowest BCUT2D eigenvalue weighted by Gasteiger charge is -2.22. The predicted molar refractivity (Wildman–Crippen MR) is 70.3 cm³/mol. The summed E-state index contributed by atoms with van der Waals surface area (Å²) >= 11 is 1.73. The van der Waals surface area contributed by atoms with Crippen LogP contribution in [-0.2, 0) is 6.54 Å². The van der Waals surface area contributed by atoms with Gasteiger partial charge in [-0.1, -0.05) is 5.16 Å². The van der Waals surface area contributed by atoms with E-state index in [2.05, 4.69) is 33.9 Å². The van der Waals surface area contributed by atoms with Crippen LogP contribution in [0, 0.1) is 5.41 Å². The van der Waals surface area contributed by atoms with Crippen molar-refractivity contribution in [3.8, 4) is 0 Å². The van der Waals surface area contributed by atoms with Gasteiger partial charge in [0, 0.05) is 19.5 Å². The molecule has 0 radical (unpaired) electrons. The van der Waals surface area contributed by atoms with Crippen molar-refractivity contribution in [1.29, 1.82) is 0 Å². The number of amidine groups is 1. The summed E-state index contributed by atoms with van der Waals surface area (Å²) in [5, 5.41) is 16.0. The van der Waals surface area contributed by atoms with E-state index in [0.29, 0.717) is 12.3 Å². The molecule has 3 N–H and O–H groups in total. The fourth-order valence-corrected chi connectivity index (χ4v) is 2.97.